The van der Waals surface area contributed by atoms with Crippen molar-refractivity contribution in [3.8, 4) is 5.75 Å². The molecule has 0 aromatic heterocycles. The summed E-state index contributed by atoms with van der Waals surface area (Å²) in [6, 6.07) is 3.92. The highest BCUT2D eigenvalue weighted by molar-refractivity contribution is 7.89. The predicted octanol–water partition coefficient (Wildman–Crippen LogP) is 2.14. The van der Waals surface area contributed by atoms with Crippen molar-refractivity contribution in [2.24, 2.45) is 0 Å². The number of sulfonamides is 1. The van der Waals surface area contributed by atoms with Crippen molar-refractivity contribution in [1.82, 2.24) is 4.31 Å². The molecule has 1 aliphatic heterocycles. The average Bonchev–Trinajstić information content (AvgIpc) is 2.62. The molecule has 1 aliphatic rings. The summed E-state index contributed by atoms with van der Waals surface area (Å²) >= 11 is 0. The van der Waals surface area contributed by atoms with Crippen molar-refractivity contribution in [2.45, 2.75) is 38.0 Å². The van der Waals surface area contributed by atoms with Crippen LogP contribution in [0.3, 0.4) is 0 Å². The number of carboxylic acid groups (broad SMARTS) is 1. The predicted molar refractivity (Wildman–Crippen MR) is 94.9 cm³/mol. The molecular formula is C17H25NO7S. The second-order valence-corrected chi connectivity index (χ2v) is 7.49. The van der Waals surface area contributed by atoms with E-state index in [-0.39, 0.29) is 22.2 Å². The Kier molecular flexibility index (Phi) is 8.53. The Balaban J connectivity index is 0.000000487. The number of methoxy groups -OCH3 is 1. The van der Waals surface area contributed by atoms with Gasteiger partial charge in [-0.15, -0.1) is 0 Å². The summed E-state index contributed by atoms with van der Waals surface area (Å²) in [6.45, 7) is 4.62. The molecule has 26 heavy (non-hydrogen) atoms. The zero-order valence-corrected chi connectivity index (χ0v) is 16.0. The molecule has 1 saturated heterocycles. The van der Waals surface area contributed by atoms with E-state index < -0.39 is 16.0 Å². The molecule has 0 bridgehead atoms. The number of benzene rings is 1. The smallest absolute Gasteiger partial charge is 0.339 e. The third-order valence-corrected chi connectivity index (χ3v) is 5.60. The topological polar surface area (TPSA) is 110 Å². The molecule has 0 radical (unpaired) electrons. The standard InChI is InChI=1S/C13H17NO5S.C4H8O2/c1-19-12-6-5-10(9-11(12)13(15)16)20(17,18)14-7-3-2-4-8-14;1-3-6-4(2)5/h5-6,9H,2-4,7-8H2,1H3,(H,15,16);3H2,1-2H3. The minimum absolute atomic E-state index is 0.00222. The molecule has 1 aromatic rings. The van der Waals surface area contributed by atoms with Crippen molar-refractivity contribution in [3.05, 3.63) is 23.8 Å². The van der Waals surface area contributed by atoms with Gasteiger partial charge in [-0.2, -0.15) is 4.31 Å². The molecule has 1 heterocycles. The van der Waals surface area contributed by atoms with Gasteiger partial charge in [0, 0.05) is 20.0 Å². The van der Waals surface area contributed by atoms with Gasteiger partial charge in [0.15, 0.2) is 0 Å². The number of piperidine rings is 1. The fourth-order valence-corrected chi connectivity index (χ4v) is 4.02. The van der Waals surface area contributed by atoms with E-state index in [0.717, 1.165) is 25.3 Å². The lowest BCUT2D eigenvalue weighted by Gasteiger charge is -2.26. The molecule has 2 rings (SSSR count). The number of hydrogen-bond acceptors (Lipinski definition) is 6. The van der Waals surface area contributed by atoms with Crippen LogP contribution in [0.1, 0.15) is 43.5 Å². The molecule has 1 N–H and O–H groups in total. The van der Waals surface area contributed by atoms with Crippen LogP contribution in [0.2, 0.25) is 0 Å². The van der Waals surface area contributed by atoms with E-state index in [1.54, 1.807) is 6.92 Å². The van der Waals surface area contributed by atoms with Crippen LogP contribution in [0.25, 0.3) is 0 Å². The first kappa shape index (κ1) is 21.9. The fourth-order valence-electron chi connectivity index (χ4n) is 2.47. The van der Waals surface area contributed by atoms with Crippen LogP contribution in [-0.4, -0.2) is 56.6 Å². The maximum absolute atomic E-state index is 12.5. The molecule has 9 heteroatoms. The van der Waals surface area contributed by atoms with Crippen LogP contribution in [-0.2, 0) is 19.6 Å². The minimum Gasteiger partial charge on any atom is -0.496 e. The van der Waals surface area contributed by atoms with Gasteiger partial charge in [-0.3, -0.25) is 4.79 Å². The van der Waals surface area contributed by atoms with Crippen molar-refractivity contribution < 1.29 is 32.6 Å². The molecular weight excluding hydrogens is 362 g/mol. The van der Waals surface area contributed by atoms with Gasteiger partial charge in [-0.1, -0.05) is 6.42 Å². The lowest BCUT2D eigenvalue weighted by Crippen LogP contribution is -2.35. The molecule has 0 saturated carbocycles. The Morgan fingerprint density at radius 3 is 2.23 bits per heavy atom. The van der Waals surface area contributed by atoms with E-state index in [9.17, 15) is 18.0 Å². The fraction of sp³-hybridized carbons (Fsp3) is 0.529. The van der Waals surface area contributed by atoms with Crippen LogP contribution < -0.4 is 4.74 Å². The number of ether oxygens (including phenoxy) is 2. The van der Waals surface area contributed by atoms with Gasteiger partial charge >= 0.3 is 11.9 Å². The molecule has 1 fully saturated rings. The zero-order chi connectivity index (χ0) is 19.7. The monoisotopic (exact) mass is 387 g/mol. The third-order valence-electron chi connectivity index (χ3n) is 3.70. The number of carboxylic acids is 1. The summed E-state index contributed by atoms with van der Waals surface area (Å²) in [5.41, 5.74) is -0.148. The number of nitrogens with zero attached hydrogens (tertiary/aromatic N) is 1. The lowest BCUT2D eigenvalue weighted by molar-refractivity contribution is -0.140. The van der Waals surface area contributed by atoms with Crippen LogP contribution in [0.5, 0.6) is 5.75 Å². The largest absolute Gasteiger partial charge is 0.496 e. The summed E-state index contributed by atoms with van der Waals surface area (Å²) < 4.78 is 35.6. The van der Waals surface area contributed by atoms with E-state index in [1.807, 2.05) is 0 Å². The van der Waals surface area contributed by atoms with E-state index in [2.05, 4.69) is 4.74 Å². The Morgan fingerprint density at radius 1 is 1.19 bits per heavy atom. The van der Waals surface area contributed by atoms with Crippen molar-refractivity contribution in [2.75, 3.05) is 26.8 Å². The normalized spacial score (nSPS) is 14.7. The highest BCUT2D eigenvalue weighted by Crippen LogP contribution is 2.26. The summed E-state index contributed by atoms with van der Waals surface area (Å²) in [5, 5.41) is 9.11. The van der Waals surface area contributed by atoms with Crippen LogP contribution in [0.4, 0.5) is 0 Å². The summed E-state index contributed by atoms with van der Waals surface area (Å²) in [6.07, 6.45) is 2.69. The Labute approximate surface area is 153 Å². The second-order valence-electron chi connectivity index (χ2n) is 5.56. The van der Waals surface area contributed by atoms with Gasteiger partial charge in [0.05, 0.1) is 18.6 Å². The Morgan fingerprint density at radius 2 is 1.81 bits per heavy atom. The van der Waals surface area contributed by atoms with Crippen LogP contribution in [0.15, 0.2) is 23.1 Å². The number of carbonyl (C=O) groups excluding carboxylic acids is 1. The molecule has 0 amide bonds. The Hall–Kier alpha value is -2.13. The number of aromatic carboxylic acids is 1. The van der Waals surface area contributed by atoms with E-state index >= 15 is 0 Å². The molecule has 0 unspecified atom stereocenters. The summed E-state index contributed by atoms with van der Waals surface area (Å²) in [4.78, 5) is 21.0. The highest BCUT2D eigenvalue weighted by atomic mass is 32.2. The second kappa shape index (κ2) is 10.1. The summed E-state index contributed by atoms with van der Waals surface area (Å²) in [7, 11) is -2.28. The van der Waals surface area contributed by atoms with Crippen molar-refractivity contribution in [1.29, 1.82) is 0 Å². The van der Waals surface area contributed by atoms with Gasteiger partial charge < -0.3 is 14.6 Å². The minimum atomic E-state index is -3.63. The van der Waals surface area contributed by atoms with Crippen molar-refractivity contribution >= 4 is 22.0 Å². The molecule has 1 aromatic carbocycles. The molecule has 0 spiro atoms. The maximum atomic E-state index is 12.5. The first-order valence-corrected chi connectivity index (χ1v) is 9.72. The SMILES string of the molecule is CCOC(C)=O.COc1ccc(S(=O)(=O)N2CCCCC2)cc1C(=O)O. The van der Waals surface area contributed by atoms with Crippen LogP contribution >= 0.6 is 0 Å². The number of carbonyl (C=O) groups is 2. The first-order valence-electron chi connectivity index (χ1n) is 8.28. The zero-order valence-electron chi connectivity index (χ0n) is 15.2. The van der Waals surface area contributed by atoms with E-state index in [1.165, 1.54) is 30.5 Å². The Bertz CT molecular complexity index is 725. The van der Waals surface area contributed by atoms with E-state index in [4.69, 9.17) is 9.84 Å². The lowest BCUT2D eigenvalue weighted by atomic mass is 10.2. The quantitative estimate of drug-likeness (QED) is 0.771. The average molecular weight is 387 g/mol. The summed E-state index contributed by atoms with van der Waals surface area (Å²) in [5.74, 6) is -1.27. The molecule has 8 nitrogen and oxygen atoms in total. The number of hydrogen-bond donors (Lipinski definition) is 1. The maximum Gasteiger partial charge on any atom is 0.339 e. The first-order chi connectivity index (χ1) is 12.2. The van der Waals surface area contributed by atoms with Gasteiger partial charge in [0.25, 0.3) is 0 Å². The van der Waals surface area contributed by atoms with Gasteiger partial charge in [0.2, 0.25) is 10.0 Å². The van der Waals surface area contributed by atoms with Gasteiger partial charge in [-0.25, -0.2) is 13.2 Å². The molecule has 0 atom stereocenters. The van der Waals surface area contributed by atoms with Gasteiger partial charge in [-0.05, 0) is 38.0 Å². The van der Waals surface area contributed by atoms with Gasteiger partial charge in [0.1, 0.15) is 11.3 Å². The third kappa shape index (κ3) is 5.99. The molecule has 0 aliphatic carbocycles. The van der Waals surface area contributed by atoms with E-state index in [0.29, 0.717) is 19.7 Å². The van der Waals surface area contributed by atoms with Crippen LogP contribution in [0, 0.1) is 0 Å². The number of esters is 1. The number of rotatable bonds is 5. The highest BCUT2D eigenvalue weighted by Gasteiger charge is 2.27. The molecule has 146 valence electrons. The van der Waals surface area contributed by atoms with Crippen molar-refractivity contribution in [3.63, 3.8) is 0 Å².